The standard InChI is InChI=1S/C27H32N4O6Si/c1-7-30(15-17-37-26(32)20(2)3)23-12-10-22(11-13-23)28-29-24-14-9-21(19-25(24)31(34)35)27(33)36-16-8-18-38(4,5)6/h9-14,19H,2,7,15-17H2,1,3-6H3. The first-order chi connectivity index (χ1) is 17.9. The highest BCUT2D eigenvalue weighted by Crippen LogP contribution is 2.30. The van der Waals surface area contributed by atoms with Crippen LogP contribution in [0.3, 0.4) is 0 Å². The molecule has 11 heteroatoms. The second-order valence-electron chi connectivity index (χ2n) is 9.30. The molecule has 200 valence electrons. The number of esters is 2. The fourth-order valence-corrected chi connectivity index (χ4v) is 3.65. The fourth-order valence-electron chi connectivity index (χ4n) is 3.05. The van der Waals surface area contributed by atoms with Crippen molar-refractivity contribution < 1.29 is 24.0 Å². The van der Waals surface area contributed by atoms with Gasteiger partial charge in [-0.25, -0.2) is 9.59 Å². The number of hydrogen-bond acceptors (Lipinski definition) is 9. The number of rotatable bonds is 11. The summed E-state index contributed by atoms with van der Waals surface area (Å²) in [4.78, 5) is 36.8. The Bertz CT molecular complexity index is 1270. The van der Waals surface area contributed by atoms with Crippen LogP contribution in [0.2, 0.25) is 19.6 Å². The van der Waals surface area contributed by atoms with Crippen LogP contribution in [-0.2, 0) is 14.3 Å². The molecule has 0 bridgehead atoms. The Morgan fingerprint density at radius 2 is 1.79 bits per heavy atom. The number of ether oxygens (including phenoxy) is 2. The van der Waals surface area contributed by atoms with E-state index in [1.165, 1.54) is 12.1 Å². The molecule has 0 aliphatic carbocycles. The monoisotopic (exact) mass is 536 g/mol. The van der Waals surface area contributed by atoms with E-state index in [0.717, 1.165) is 11.8 Å². The molecule has 0 fully saturated rings. The van der Waals surface area contributed by atoms with Crippen molar-refractivity contribution in [3.05, 3.63) is 70.3 Å². The van der Waals surface area contributed by atoms with Crippen molar-refractivity contribution in [2.75, 3.05) is 31.2 Å². The van der Waals surface area contributed by atoms with E-state index >= 15 is 0 Å². The van der Waals surface area contributed by atoms with E-state index in [1.54, 1.807) is 19.1 Å². The molecule has 2 rings (SSSR count). The lowest BCUT2D eigenvalue weighted by Crippen LogP contribution is -2.28. The van der Waals surface area contributed by atoms with Crippen LogP contribution < -0.4 is 4.90 Å². The van der Waals surface area contributed by atoms with E-state index in [-0.39, 0.29) is 30.2 Å². The molecule has 0 spiro atoms. The summed E-state index contributed by atoms with van der Waals surface area (Å²) < 4.78 is 10.3. The number of carbonyl (C=O) groups excluding carboxylic acids is 2. The maximum absolute atomic E-state index is 12.3. The van der Waals surface area contributed by atoms with Gasteiger partial charge in [0.25, 0.3) is 5.69 Å². The molecule has 2 aromatic carbocycles. The van der Waals surface area contributed by atoms with Gasteiger partial charge in [0, 0.05) is 23.9 Å². The number of benzene rings is 2. The molecule has 0 heterocycles. The Balaban J connectivity index is 2.09. The number of likely N-dealkylation sites (N-methyl/N-ethyl adjacent to an activating group) is 1. The number of nitrogens with zero attached hydrogens (tertiary/aromatic N) is 4. The molecule has 0 atom stereocenters. The zero-order valence-electron chi connectivity index (χ0n) is 22.3. The maximum atomic E-state index is 12.3. The fraction of sp³-hybridized carbons (Fsp3) is 0.333. The summed E-state index contributed by atoms with van der Waals surface area (Å²) in [7, 11) is -1.59. The minimum atomic E-state index is -1.59. The van der Waals surface area contributed by atoms with Gasteiger partial charge in [-0.1, -0.05) is 32.1 Å². The number of hydrogen-bond donors (Lipinski definition) is 0. The summed E-state index contributed by atoms with van der Waals surface area (Å²) in [6, 6.07) is 11.0. The Morgan fingerprint density at radius 3 is 2.37 bits per heavy atom. The second kappa shape index (κ2) is 13.9. The molecule has 38 heavy (non-hydrogen) atoms. The predicted octanol–water partition coefficient (Wildman–Crippen LogP) is 5.99. The summed E-state index contributed by atoms with van der Waals surface area (Å²) in [5, 5.41) is 19.7. The number of anilines is 1. The summed E-state index contributed by atoms with van der Waals surface area (Å²) in [5.41, 5.74) is 4.47. The number of nitro groups is 1. The molecule has 0 amide bonds. The third-order valence-electron chi connectivity index (χ3n) is 4.96. The molecular formula is C27H32N4O6Si. The van der Waals surface area contributed by atoms with Crippen LogP contribution in [-0.4, -0.2) is 51.2 Å². The van der Waals surface area contributed by atoms with E-state index in [2.05, 4.69) is 47.9 Å². The third kappa shape index (κ3) is 9.63. The van der Waals surface area contributed by atoms with Crippen molar-refractivity contribution in [3.8, 4) is 11.5 Å². The van der Waals surface area contributed by atoms with E-state index in [9.17, 15) is 19.7 Å². The van der Waals surface area contributed by atoms with Crippen LogP contribution >= 0.6 is 0 Å². The van der Waals surface area contributed by atoms with Crippen LogP contribution in [0.15, 0.2) is 64.8 Å². The summed E-state index contributed by atoms with van der Waals surface area (Å²) >= 11 is 0. The van der Waals surface area contributed by atoms with Gasteiger partial charge in [-0.2, -0.15) is 5.11 Å². The Kier molecular flexibility index (Phi) is 10.9. The smallest absolute Gasteiger partial charge is 0.339 e. The molecule has 0 saturated carbocycles. The topological polar surface area (TPSA) is 124 Å². The second-order valence-corrected chi connectivity index (χ2v) is 14.1. The number of nitro benzene ring substituents is 1. The molecule has 0 radical (unpaired) electrons. The molecule has 0 unspecified atom stereocenters. The zero-order chi connectivity index (χ0) is 28.3. The molecule has 0 aliphatic heterocycles. The van der Waals surface area contributed by atoms with Crippen molar-refractivity contribution in [1.29, 1.82) is 0 Å². The van der Waals surface area contributed by atoms with Gasteiger partial charge in [-0.15, -0.1) is 10.7 Å². The lowest BCUT2D eigenvalue weighted by Gasteiger charge is -2.22. The Hall–Kier alpha value is -4.30. The van der Waals surface area contributed by atoms with Gasteiger partial charge >= 0.3 is 11.9 Å². The number of carbonyl (C=O) groups is 2. The highest BCUT2D eigenvalue weighted by atomic mass is 28.3. The normalized spacial score (nSPS) is 10.9. The zero-order valence-corrected chi connectivity index (χ0v) is 23.3. The van der Waals surface area contributed by atoms with Gasteiger partial charge in [0.05, 0.1) is 22.7 Å². The quantitative estimate of drug-likeness (QED) is 0.0657. The summed E-state index contributed by atoms with van der Waals surface area (Å²) in [6.45, 7) is 14.7. The van der Waals surface area contributed by atoms with Crippen molar-refractivity contribution >= 4 is 42.8 Å². The molecule has 0 aromatic heterocycles. The van der Waals surface area contributed by atoms with E-state index in [1.807, 2.05) is 24.0 Å². The van der Waals surface area contributed by atoms with Gasteiger partial charge < -0.3 is 14.4 Å². The van der Waals surface area contributed by atoms with Gasteiger partial charge in [0.15, 0.2) is 12.3 Å². The summed E-state index contributed by atoms with van der Waals surface area (Å²) in [6.07, 6.45) is 0. The van der Waals surface area contributed by atoms with Gasteiger partial charge in [-0.3, -0.25) is 10.1 Å². The summed E-state index contributed by atoms with van der Waals surface area (Å²) in [5.74, 6) is 1.69. The van der Waals surface area contributed by atoms with Crippen LogP contribution in [0.25, 0.3) is 0 Å². The molecule has 0 aliphatic rings. The van der Waals surface area contributed by atoms with E-state index in [0.29, 0.717) is 24.4 Å². The van der Waals surface area contributed by atoms with Crippen LogP contribution in [0.4, 0.5) is 22.7 Å². The van der Waals surface area contributed by atoms with Crippen molar-refractivity contribution in [3.63, 3.8) is 0 Å². The van der Waals surface area contributed by atoms with Crippen LogP contribution in [0.5, 0.6) is 0 Å². The molecule has 0 N–H and O–H groups in total. The van der Waals surface area contributed by atoms with Crippen molar-refractivity contribution in [2.45, 2.75) is 33.5 Å². The highest BCUT2D eigenvalue weighted by molar-refractivity contribution is 6.83. The van der Waals surface area contributed by atoms with Crippen molar-refractivity contribution in [2.24, 2.45) is 10.2 Å². The van der Waals surface area contributed by atoms with Crippen molar-refractivity contribution in [1.82, 2.24) is 0 Å². The molecule has 2 aromatic rings. The SMILES string of the molecule is C=C(C)C(=O)OCCN(CC)c1ccc(N=Nc2ccc(C(=O)OCC#C[Si](C)(C)C)cc2[N+](=O)[O-])cc1. The minimum absolute atomic E-state index is 0.00339. The van der Waals surface area contributed by atoms with Gasteiger partial charge in [0.1, 0.15) is 14.7 Å². The van der Waals surface area contributed by atoms with Gasteiger partial charge in [0.2, 0.25) is 0 Å². The highest BCUT2D eigenvalue weighted by Gasteiger charge is 2.18. The maximum Gasteiger partial charge on any atom is 0.339 e. The first kappa shape index (κ1) is 29.9. The third-order valence-corrected chi connectivity index (χ3v) is 5.89. The predicted molar refractivity (Wildman–Crippen MR) is 149 cm³/mol. The first-order valence-corrected chi connectivity index (χ1v) is 15.5. The Labute approximate surface area is 223 Å². The van der Waals surface area contributed by atoms with Crippen LogP contribution in [0, 0.1) is 21.6 Å². The molecule has 0 saturated heterocycles. The average molecular weight is 537 g/mol. The average Bonchev–Trinajstić information content (AvgIpc) is 2.87. The molecular weight excluding hydrogens is 504 g/mol. The largest absolute Gasteiger partial charge is 0.460 e. The van der Waals surface area contributed by atoms with Crippen LogP contribution in [0.1, 0.15) is 24.2 Å². The lowest BCUT2D eigenvalue weighted by molar-refractivity contribution is -0.384. The van der Waals surface area contributed by atoms with E-state index in [4.69, 9.17) is 9.47 Å². The minimum Gasteiger partial charge on any atom is -0.460 e. The number of azo groups is 1. The Morgan fingerprint density at radius 1 is 1.11 bits per heavy atom. The first-order valence-electron chi connectivity index (χ1n) is 12.0. The lowest BCUT2D eigenvalue weighted by atomic mass is 10.2. The van der Waals surface area contributed by atoms with E-state index < -0.39 is 24.9 Å². The molecule has 10 nitrogen and oxygen atoms in total. The van der Waals surface area contributed by atoms with Gasteiger partial charge in [-0.05, 0) is 50.2 Å².